The monoisotopic (exact) mass is 283 g/mol. The van der Waals surface area contributed by atoms with Crippen LogP contribution in [0, 0.1) is 5.82 Å². The summed E-state index contributed by atoms with van der Waals surface area (Å²) in [7, 11) is 0. The molecule has 1 N–H and O–H groups in total. The molecule has 0 bridgehead atoms. The molecule has 0 spiro atoms. The van der Waals surface area contributed by atoms with Crippen LogP contribution in [0.4, 0.5) is 9.18 Å². The number of rotatable bonds is 2. The Hall–Kier alpha value is -2.95. The zero-order valence-corrected chi connectivity index (χ0v) is 10.8. The maximum Gasteiger partial charge on any atom is 0.511 e. The summed E-state index contributed by atoms with van der Waals surface area (Å²) in [4.78, 5) is 14.9. The van der Waals surface area contributed by atoms with E-state index in [2.05, 4.69) is 9.72 Å². The quantitative estimate of drug-likeness (QED) is 0.719. The summed E-state index contributed by atoms with van der Waals surface area (Å²) in [5.74, 6) is -0.342. The van der Waals surface area contributed by atoms with Gasteiger partial charge in [0, 0.05) is 16.3 Å². The minimum absolute atomic E-state index is 0.0807. The highest BCUT2D eigenvalue weighted by molar-refractivity contribution is 5.98. The van der Waals surface area contributed by atoms with E-state index in [4.69, 9.17) is 5.11 Å². The molecule has 2 aromatic carbocycles. The van der Waals surface area contributed by atoms with Crippen LogP contribution in [0.15, 0.2) is 54.7 Å². The van der Waals surface area contributed by atoms with Crippen LogP contribution in [0.5, 0.6) is 5.75 Å². The molecule has 0 radical (unpaired) electrons. The van der Waals surface area contributed by atoms with E-state index in [0.29, 0.717) is 16.5 Å². The Kier molecular flexibility index (Phi) is 3.23. The van der Waals surface area contributed by atoms with Crippen molar-refractivity contribution < 1.29 is 19.0 Å². The second-order valence-corrected chi connectivity index (χ2v) is 4.39. The topological polar surface area (TPSA) is 59.4 Å². The van der Waals surface area contributed by atoms with Gasteiger partial charge >= 0.3 is 6.16 Å². The molecule has 5 heteroatoms. The molecule has 0 saturated carbocycles. The van der Waals surface area contributed by atoms with Gasteiger partial charge in [-0.05, 0) is 18.2 Å². The number of fused-ring (bicyclic) bond motifs is 1. The maximum absolute atomic E-state index is 13.5. The van der Waals surface area contributed by atoms with Gasteiger partial charge in [-0.25, -0.2) is 9.18 Å². The fourth-order valence-corrected chi connectivity index (χ4v) is 2.19. The summed E-state index contributed by atoms with van der Waals surface area (Å²) in [5.41, 5.74) is 1.39. The Bertz CT molecular complexity index is 818. The minimum Gasteiger partial charge on any atom is -0.449 e. The summed E-state index contributed by atoms with van der Waals surface area (Å²) in [6.07, 6.45) is -0.105. The summed E-state index contributed by atoms with van der Waals surface area (Å²) >= 11 is 0. The third-order valence-corrected chi connectivity index (χ3v) is 3.06. The molecule has 0 atom stereocenters. The lowest BCUT2D eigenvalue weighted by atomic mass is 10.0. The second-order valence-electron chi connectivity index (χ2n) is 4.39. The number of hydrogen-bond acceptors (Lipinski definition) is 3. The molecular weight excluding hydrogens is 273 g/mol. The van der Waals surface area contributed by atoms with Gasteiger partial charge in [0.2, 0.25) is 0 Å². The number of pyridine rings is 1. The van der Waals surface area contributed by atoms with Crippen molar-refractivity contribution >= 4 is 16.9 Å². The predicted octanol–water partition coefficient (Wildman–Crippen LogP) is 4.10. The first-order valence-electron chi connectivity index (χ1n) is 6.19. The lowest BCUT2D eigenvalue weighted by molar-refractivity contribution is 0.145. The molecule has 0 aliphatic carbocycles. The number of benzene rings is 2. The van der Waals surface area contributed by atoms with Crippen LogP contribution >= 0.6 is 0 Å². The van der Waals surface area contributed by atoms with Crippen molar-refractivity contribution in [3.63, 3.8) is 0 Å². The van der Waals surface area contributed by atoms with E-state index < -0.39 is 12.0 Å². The molecule has 4 nitrogen and oxygen atoms in total. The van der Waals surface area contributed by atoms with Gasteiger partial charge < -0.3 is 9.84 Å². The van der Waals surface area contributed by atoms with Gasteiger partial charge in [0.1, 0.15) is 5.82 Å². The number of aromatic nitrogens is 1. The van der Waals surface area contributed by atoms with Crippen LogP contribution in [0.1, 0.15) is 0 Å². The number of carbonyl (C=O) groups is 1. The van der Waals surface area contributed by atoms with Crippen LogP contribution < -0.4 is 4.74 Å². The molecule has 0 aliphatic heterocycles. The molecule has 3 aromatic rings. The van der Waals surface area contributed by atoms with Crippen LogP contribution in [0.3, 0.4) is 0 Å². The average Bonchev–Trinajstić information content (AvgIpc) is 2.47. The normalized spacial score (nSPS) is 10.5. The number of hydrogen-bond donors (Lipinski definition) is 1. The lowest BCUT2D eigenvalue weighted by Gasteiger charge is -2.09. The SMILES string of the molecule is O=C(O)Oc1cnc(-c2ccccc2)c2cc(F)ccc12. The third kappa shape index (κ3) is 2.53. The van der Waals surface area contributed by atoms with Crippen molar-refractivity contribution in [1.29, 1.82) is 0 Å². The van der Waals surface area contributed by atoms with Crippen LogP contribution in [0.2, 0.25) is 0 Å². The molecule has 104 valence electrons. The first-order valence-corrected chi connectivity index (χ1v) is 6.19. The first-order chi connectivity index (χ1) is 10.1. The fraction of sp³-hybridized carbons (Fsp3) is 0. The van der Waals surface area contributed by atoms with Crippen molar-refractivity contribution in [1.82, 2.24) is 4.98 Å². The van der Waals surface area contributed by atoms with Gasteiger partial charge in [0.05, 0.1) is 11.9 Å². The van der Waals surface area contributed by atoms with Crippen LogP contribution in [-0.4, -0.2) is 16.2 Å². The zero-order valence-electron chi connectivity index (χ0n) is 10.8. The number of ether oxygens (including phenoxy) is 1. The third-order valence-electron chi connectivity index (χ3n) is 3.06. The first kappa shape index (κ1) is 13.1. The molecule has 3 rings (SSSR count). The van der Waals surface area contributed by atoms with Crippen molar-refractivity contribution in [2.75, 3.05) is 0 Å². The van der Waals surface area contributed by atoms with Crippen molar-refractivity contribution in [3.05, 3.63) is 60.5 Å². The van der Waals surface area contributed by atoms with E-state index in [1.807, 2.05) is 30.3 Å². The van der Waals surface area contributed by atoms with E-state index in [-0.39, 0.29) is 5.75 Å². The molecule has 0 unspecified atom stereocenters. The molecule has 0 aliphatic rings. The molecule has 21 heavy (non-hydrogen) atoms. The molecular formula is C16H10FNO3. The highest BCUT2D eigenvalue weighted by atomic mass is 19.1. The average molecular weight is 283 g/mol. The molecule has 0 fully saturated rings. The van der Waals surface area contributed by atoms with E-state index in [1.165, 1.54) is 24.4 Å². The predicted molar refractivity (Wildman–Crippen MR) is 75.8 cm³/mol. The van der Waals surface area contributed by atoms with Gasteiger partial charge in [-0.3, -0.25) is 4.98 Å². The van der Waals surface area contributed by atoms with E-state index >= 15 is 0 Å². The van der Waals surface area contributed by atoms with Crippen LogP contribution in [-0.2, 0) is 0 Å². The van der Waals surface area contributed by atoms with Gasteiger partial charge in [0.15, 0.2) is 5.75 Å². The van der Waals surface area contributed by atoms with Gasteiger partial charge in [0.25, 0.3) is 0 Å². The molecule has 1 aromatic heterocycles. The van der Waals surface area contributed by atoms with E-state index in [1.54, 1.807) is 0 Å². The second kappa shape index (κ2) is 5.20. The van der Waals surface area contributed by atoms with Gasteiger partial charge in [-0.1, -0.05) is 30.3 Å². The van der Waals surface area contributed by atoms with E-state index in [0.717, 1.165) is 5.56 Å². The summed E-state index contributed by atoms with van der Waals surface area (Å²) in [5, 5.41) is 9.74. The minimum atomic E-state index is -1.44. The molecule has 1 heterocycles. The van der Waals surface area contributed by atoms with Crippen molar-refractivity contribution in [2.45, 2.75) is 0 Å². The smallest absolute Gasteiger partial charge is 0.449 e. The number of carboxylic acid groups (broad SMARTS) is 1. The largest absolute Gasteiger partial charge is 0.511 e. The zero-order chi connectivity index (χ0) is 14.8. The summed E-state index contributed by atoms with van der Waals surface area (Å²) in [6, 6.07) is 13.3. The Balaban J connectivity index is 2.28. The highest BCUT2D eigenvalue weighted by Crippen LogP contribution is 2.32. The van der Waals surface area contributed by atoms with Crippen molar-refractivity contribution in [2.24, 2.45) is 0 Å². The van der Waals surface area contributed by atoms with Gasteiger partial charge in [-0.2, -0.15) is 0 Å². The number of nitrogens with zero attached hydrogens (tertiary/aromatic N) is 1. The maximum atomic E-state index is 13.5. The highest BCUT2D eigenvalue weighted by Gasteiger charge is 2.13. The fourth-order valence-electron chi connectivity index (χ4n) is 2.19. The lowest BCUT2D eigenvalue weighted by Crippen LogP contribution is -2.04. The molecule has 0 saturated heterocycles. The van der Waals surface area contributed by atoms with Crippen LogP contribution in [0.25, 0.3) is 22.0 Å². The van der Waals surface area contributed by atoms with E-state index in [9.17, 15) is 9.18 Å². The standard InChI is InChI=1S/C16H10FNO3/c17-11-6-7-12-13(8-11)15(10-4-2-1-3-5-10)18-9-14(12)21-16(19)20/h1-9H,(H,19,20). The number of halogens is 1. The Morgan fingerprint density at radius 3 is 2.57 bits per heavy atom. The summed E-state index contributed by atoms with van der Waals surface area (Å²) < 4.78 is 18.2. The Labute approximate surface area is 119 Å². The Morgan fingerprint density at radius 2 is 1.86 bits per heavy atom. The van der Waals surface area contributed by atoms with Gasteiger partial charge in [-0.15, -0.1) is 0 Å². The molecule has 0 amide bonds. The summed E-state index contributed by atoms with van der Waals surface area (Å²) in [6.45, 7) is 0. The van der Waals surface area contributed by atoms with Crippen molar-refractivity contribution in [3.8, 4) is 17.0 Å². The Morgan fingerprint density at radius 1 is 1.10 bits per heavy atom.